The maximum atomic E-state index is 3.42. The molecule has 1 heteroatoms. The van der Waals surface area contributed by atoms with Gasteiger partial charge in [-0.2, -0.15) is 0 Å². The smallest absolute Gasteiger partial charge is 0.00206 e. The molecule has 1 nitrogen and oxygen atoms in total. The van der Waals surface area contributed by atoms with E-state index in [9.17, 15) is 0 Å². The molecule has 1 aromatic carbocycles. The van der Waals surface area contributed by atoms with E-state index in [1.807, 2.05) is 0 Å². The lowest BCUT2D eigenvalue weighted by molar-refractivity contribution is 0.761. The molecule has 0 spiro atoms. The van der Waals surface area contributed by atoms with Gasteiger partial charge >= 0.3 is 0 Å². The second-order valence-electron chi connectivity index (χ2n) is 4.23. The normalized spacial score (nSPS) is 21.4. The quantitative estimate of drug-likeness (QED) is 0.754. The third kappa shape index (κ3) is 1.83. The summed E-state index contributed by atoms with van der Waals surface area (Å²) >= 11 is 0. The molecule has 2 rings (SSSR count). The average Bonchev–Trinajstić information content (AvgIpc) is 2.71. The van der Waals surface area contributed by atoms with Gasteiger partial charge in [-0.3, -0.25) is 0 Å². The highest BCUT2D eigenvalue weighted by atomic mass is 14.9. The Balaban J connectivity index is 2.25. The molecule has 1 saturated heterocycles. The molecule has 0 aliphatic carbocycles. The fourth-order valence-electron chi connectivity index (χ4n) is 2.27. The summed E-state index contributed by atoms with van der Waals surface area (Å²) in [5.74, 6) is 0.751. The molecule has 1 aliphatic rings. The molecule has 76 valence electrons. The Hall–Kier alpha value is -0.820. The van der Waals surface area contributed by atoms with E-state index in [1.54, 1.807) is 0 Å². The molecule has 0 radical (unpaired) electrons. The first kappa shape index (κ1) is 9.72. The van der Waals surface area contributed by atoms with E-state index in [-0.39, 0.29) is 0 Å². The van der Waals surface area contributed by atoms with Gasteiger partial charge in [0.05, 0.1) is 0 Å². The van der Waals surface area contributed by atoms with E-state index in [0.717, 1.165) is 18.9 Å². The third-order valence-corrected chi connectivity index (χ3v) is 3.29. The zero-order chi connectivity index (χ0) is 9.97. The number of aryl methyl sites for hydroxylation is 2. The molecule has 1 heterocycles. The molecule has 1 fully saturated rings. The van der Waals surface area contributed by atoms with Crippen molar-refractivity contribution in [1.82, 2.24) is 5.32 Å². The summed E-state index contributed by atoms with van der Waals surface area (Å²) in [5.41, 5.74) is 4.47. The number of nitrogens with one attached hydrogen (secondary N) is 1. The Kier molecular flexibility index (Phi) is 2.87. The number of benzene rings is 1. The van der Waals surface area contributed by atoms with Crippen LogP contribution in [0.3, 0.4) is 0 Å². The molecule has 0 bridgehead atoms. The van der Waals surface area contributed by atoms with Crippen molar-refractivity contribution < 1.29 is 0 Å². The van der Waals surface area contributed by atoms with Crippen LogP contribution in [0.5, 0.6) is 0 Å². The van der Waals surface area contributed by atoms with Crippen LogP contribution in [0.1, 0.15) is 36.0 Å². The number of hydrogen-bond donors (Lipinski definition) is 1. The van der Waals surface area contributed by atoms with Gasteiger partial charge in [0.1, 0.15) is 0 Å². The van der Waals surface area contributed by atoms with Gasteiger partial charge in [0.25, 0.3) is 0 Å². The first-order valence-corrected chi connectivity index (χ1v) is 5.61. The molecule has 0 amide bonds. The number of hydrogen-bond acceptors (Lipinski definition) is 1. The van der Waals surface area contributed by atoms with E-state index in [2.05, 4.69) is 37.4 Å². The third-order valence-electron chi connectivity index (χ3n) is 3.29. The summed E-state index contributed by atoms with van der Waals surface area (Å²) in [7, 11) is 0. The molecule has 14 heavy (non-hydrogen) atoms. The van der Waals surface area contributed by atoms with Gasteiger partial charge in [0.15, 0.2) is 0 Å². The van der Waals surface area contributed by atoms with Gasteiger partial charge in [-0.25, -0.2) is 0 Å². The van der Waals surface area contributed by atoms with Crippen molar-refractivity contribution in [3.63, 3.8) is 0 Å². The van der Waals surface area contributed by atoms with Crippen LogP contribution in [0.25, 0.3) is 0 Å². The summed E-state index contributed by atoms with van der Waals surface area (Å²) in [6.07, 6.45) is 2.45. The fourth-order valence-corrected chi connectivity index (χ4v) is 2.27. The minimum Gasteiger partial charge on any atom is -0.316 e. The van der Waals surface area contributed by atoms with Crippen molar-refractivity contribution in [1.29, 1.82) is 0 Å². The molecule has 1 atom stereocenters. The predicted molar refractivity (Wildman–Crippen MR) is 60.8 cm³/mol. The van der Waals surface area contributed by atoms with Crippen molar-refractivity contribution in [2.75, 3.05) is 13.1 Å². The van der Waals surface area contributed by atoms with Crippen LogP contribution in [-0.4, -0.2) is 13.1 Å². The topological polar surface area (TPSA) is 12.0 Å². The van der Waals surface area contributed by atoms with Gasteiger partial charge in [-0.1, -0.05) is 25.1 Å². The van der Waals surface area contributed by atoms with Crippen LogP contribution in [0.2, 0.25) is 0 Å². The van der Waals surface area contributed by atoms with Crippen LogP contribution in [0, 0.1) is 6.92 Å². The largest absolute Gasteiger partial charge is 0.316 e. The molecular weight excluding hydrogens is 170 g/mol. The van der Waals surface area contributed by atoms with Gasteiger partial charge in [0.2, 0.25) is 0 Å². The van der Waals surface area contributed by atoms with Crippen molar-refractivity contribution in [2.45, 2.75) is 32.6 Å². The second-order valence-corrected chi connectivity index (χ2v) is 4.23. The zero-order valence-electron chi connectivity index (χ0n) is 9.14. The lowest BCUT2D eigenvalue weighted by Gasteiger charge is -2.11. The molecule has 1 N–H and O–H groups in total. The lowest BCUT2D eigenvalue weighted by atomic mass is 9.94. The summed E-state index contributed by atoms with van der Waals surface area (Å²) in [4.78, 5) is 0. The monoisotopic (exact) mass is 189 g/mol. The molecule has 0 saturated carbocycles. The maximum Gasteiger partial charge on any atom is 0.00206 e. The van der Waals surface area contributed by atoms with Crippen LogP contribution < -0.4 is 5.32 Å². The first-order valence-electron chi connectivity index (χ1n) is 5.61. The standard InChI is InChI=1S/C13H19N/c1-3-11-8-12(5-4-10(11)2)13-6-7-14-9-13/h4-5,8,13-14H,3,6-7,9H2,1-2H3. The minimum atomic E-state index is 0.751. The SMILES string of the molecule is CCc1cc(C2CCNC2)ccc1C. The summed E-state index contributed by atoms with van der Waals surface area (Å²) in [5, 5.41) is 3.42. The minimum absolute atomic E-state index is 0.751. The Bertz CT molecular complexity index is 311. The number of rotatable bonds is 2. The average molecular weight is 189 g/mol. The molecular formula is C13H19N. The predicted octanol–water partition coefficient (Wildman–Crippen LogP) is 2.63. The molecule has 1 unspecified atom stereocenters. The fraction of sp³-hybridized carbons (Fsp3) is 0.538. The zero-order valence-corrected chi connectivity index (χ0v) is 9.14. The summed E-state index contributed by atoms with van der Waals surface area (Å²) in [6.45, 7) is 6.78. The Morgan fingerprint density at radius 1 is 1.43 bits per heavy atom. The first-order chi connectivity index (χ1) is 6.81. The Morgan fingerprint density at radius 3 is 2.93 bits per heavy atom. The van der Waals surface area contributed by atoms with Gasteiger partial charge in [0, 0.05) is 6.54 Å². The van der Waals surface area contributed by atoms with Gasteiger partial charge in [-0.15, -0.1) is 0 Å². The van der Waals surface area contributed by atoms with Gasteiger partial charge in [-0.05, 0) is 48.9 Å². The van der Waals surface area contributed by atoms with Crippen molar-refractivity contribution in [3.8, 4) is 0 Å². The summed E-state index contributed by atoms with van der Waals surface area (Å²) in [6, 6.07) is 6.96. The van der Waals surface area contributed by atoms with Crippen molar-refractivity contribution in [2.24, 2.45) is 0 Å². The molecule has 1 aliphatic heterocycles. The van der Waals surface area contributed by atoms with Crippen LogP contribution in [0.15, 0.2) is 18.2 Å². The molecule has 0 aromatic heterocycles. The highest BCUT2D eigenvalue weighted by Crippen LogP contribution is 2.24. The second kappa shape index (κ2) is 4.14. The maximum absolute atomic E-state index is 3.42. The Labute approximate surface area is 86.5 Å². The van der Waals surface area contributed by atoms with E-state index >= 15 is 0 Å². The van der Waals surface area contributed by atoms with Crippen molar-refractivity contribution in [3.05, 3.63) is 34.9 Å². The van der Waals surface area contributed by atoms with Crippen LogP contribution in [-0.2, 0) is 6.42 Å². The Morgan fingerprint density at radius 2 is 2.29 bits per heavy atom. The van der Waals surface area contributed by atoms with Gasteiger partial charge < -0.3 is 5.32 Å². The lowest BCUT2D eigenvalue weighted by Crippen LogP contribution is -2.08. The highest BCUT2D eigenvalue weighted by molar-refractivity contribution is 5.33. The van der Waals surface area contributed by atoms with Crippen molar-refractivity contribution >= 4 is 0 Å². The van der Waals surface area contributed by atoms with E-state index in [1.165, 1.54) is 29.7 Å². The van der Waals surface area contributed by atoms with E-state index in [4.69, 9.17) is 0 Å². The van der Waals surface area contributed by atoms with Crippen LogP contribution >= 0.6 is 0 Å². The van der Waals surface area contributed by atoms with Crippen LogP contribution in [0.4, 0.5) is 0 Å². The highest BCUT2D eigenvalue weighted by Gasteiger charge is 2.16. The molecule has 1 aromatic rings. The van der Waals surface area contributed by atoms with E-state index < -0.39 is 0 Å². The van der Waals surface area contributed by atoms with E-state index in [0.29, 0.717) is 0 Å². The summed E-state index contributed by atoms with van der Waals surface area (Å²) < 4.78 is 0.